The van der Waals surface area contributed by atoms with Gasteiger partial charge in [-0.15, -0.1) is 0 Å². The number of nitrogens with one attached hydrogen (secondary N) is 1. The largest absolute Gasteiger partial charge is 0.501 e. The Morgan fingerprint density at radius 3 is 2.81 bits per heavy atom. The van der Waals surface area contributed by atoms with Crippen LogP contribution in [0.3, 0.4) is 0 Å². The molecule has 10 heteroatoms. The van der Waals surface area contributed by atoms with E-state index in [2.05, 4.69) is 26.2 Å². The molecule has 0 aliphatic carbocycles. The lowest BCUT2D eigenvalue weighted by Crippen LogP contribution is -2.19. The van der Waals surface area contributed by atoms with Crippen molar-refractivity contribution >= 4 is 78.8 Å². The molecule has 2 aromatic rings. The normalized spacial score (nSPS) is 16.9. The molecule has 7 nitrogen and oxygen atoms in total. The van der Waals surface area contributed by atoms with E-state index in [1.54, 1.807) is 34.7 Å². The number of hydrogen-bond donors (Lipinski definition) is 2. The smallest absolute Gasteiger partial charge is 0.312 e. The molecule has 1 fully saturated rings. The van der Waals surface area contributed by atoms with Gasteiger partial charge in [-0.3, -0.25) is 14.9 Å². The summed E-state index contributed by atoms with van der Waals surface area (Å²) >= 11 is 6.30. The minimum absolute atomic E-state index is 0.329. The van der Waals surface area contributed by atoms with Crippen LogP contribution in [-0.4, -0.2) is 21.1 Å². The van der Waals surface area contributed by atoms with Crippen molar-refractivity contribution in [3.05, 3.63) is 65.0 Å². The fourth-order valence-electron chi connectivity index (χ4n) is 2.12. The van der Waals surface area contributed by atoms with Crippen molar-refractivity contribution in [3.8, 4) is 5.75 Å². The number of carbonyl (C=O) groups excluding carboxylic acids is 1. The van der Waals surface area contributed by atoms with Gasteiger partial charge in [-0.1, -0.05) is 22.0 Å². The summed E-state index contributed by atoms with van der Waals surface area (Å²) in [6.45, 7) is 0. The maximum atomic E-state index is 12.1. The van der Waals surface area contributed by atoms with Crippen molar-refractivity contribution in [1.82, 2.24) is 5.32 Å². The monoisotopic (exact) mass is 545 g/mol. The Bertz CT molecular complexity index is 993. The number of hydrogen-bond acceptors (Lipinski definition) is 6. The second-order valence-electron chi connectivity index (χ2n) is 5.09. The fourth-order valence-corrected chi connectivity index (χ4v) is 3.99. The zero-order valence-electron chi connectivity index (χ0n) is 12.8. The zero-order chi connectivity index (χ0) is 18.8. The van der Waals surface area contributed by atoms with Crippen LogP contribution in [0.1, 0.15) is 5.56 Å². The average Bonchev–Trinajstić information content (AvgIpc) is 2.89. The molecule has 1 saturated heterocycles. The van der Waals surface area contributed by atoms with Crippen LogP contribution in [0.2, 0.25) is 0 Å². The lowest BCUT2D eigenvalue weighted by Gasteiger charge is -2.01. The standard InChI is InChI=1S/C16H9BrIN3O4S/c17-9-2-1-3-10(7-9)19-16-20-15(23)13(26-16)6-8-4-11(18)14(22)12(5-8)21(24)25/h1-7,22H,(H,19,20,23)/b13-6-. The number of rotatable bonds is 3. The minimum Gasteiger partial charge on any atom is -0.501 e. The summed E-state index contributed by atoms with van der Waals surface area (Å²) in [6, 6.07) is 10.1. The van der Waals surface area contributed by atoms with Crippen molar-refractivity contribution < 1.29 is 14.8 Å². The van der Waals surface area contributed by atoms with Crippen molar-refractivity contribution in [2.45, 2.75) is 0 Å². The maximum Gasteiger partial charge on any atom is 0.312 e. The van der Waals surface area contributed by atoms with E-state index in [4.69, 9.17) is 0 Å². The molecule has 1 amide bonds. The topological polar surface area (TPSA) is 105 Å². The third-order valence-electron chi connectivity index (χ3n) is 3.25. The van der Waals surface area contributed by atoms with E-state index in [0.29, 0.717) is 24.9 Å². The van der Waals surface area contributed by atoms with Crippen LogP contribution in [0, 0.1) is 13.7 Å². The number of nitrogens with zero attached hydrogens (tertiary/aromatic N) is 2. The van der Waals surface area contributed by atoms with E-state index in [9.17, 15) is 20.0 Å². The number of phenolic OH excluding ortho intramolecular Hbond substituents is 1. The number of halogens is 2. The molecule has 0 unspecified atom stereocenters. The molecule has 0 saturated carbocycles. The molecule has 1 heterocycles. The van der Waals surface area contributed by atoms with Crippen LogP contribution in [0.15, 0.2) is 50.8 Å². The molecular formula is C16H9BrIN3O4S. The summed E-state index contributed by atoms with van der Waals surface area (Å²) in [4.78, 5) is 27.2. The second-order valence-corrected chi connectivity index (χ2v) is 8.20. The first-order chi connectivity index (χ1) is 12.3. The van der Waals surface area contributed by atoms with E-state index in [0.717, 1.165) is 16.2 Å². The Hall–Kier alpha value is -1.92. The van der Waals surface area contributed by atoms with E-state index in [1.807, 2.05) is 18.2 Å². The van der Waals surface area contributed by atoms with Gasteiger partial charge in [-0.25, -0.2) is 4.99 Å². The number of carbonyl (C=O) groups is 1. The number of amidine groups is 1. The number of aromatic hydroxyl groups is 1. The molecule has 132 valence electrons. The number of amides is 1. The highest BCUT2D eigenvalue weighted by atomic mass is 127. The molecular weight excluding hydrogens is 537 g/mol. The minimum atomic E-state index is -0.665. The first kappa shape index (κ1) is 18.9. The van der Waals surface area contributed by atoms with Crippen LogP contribution in [0.25, 0.3) is 6.08 Å². The van der Waals surface area contributed by atoms with Gasteiger partial charge in [-0.05, 0) is 70.3 Å². The van der Waals surface area contributed by atoms with Gasteiger partial charge in [0.15, 0.2) is 5.17 Å². The van der Waals surface area contributed by atoms with E-state index in [1.165, 1.54) is 12.1 Å². The third-order valence-corrected chi connectivity index (χ3v) is 5.48. The number of nitro benzene ring substituents is 1. The number of thioether (sulfide) groups is 1. The molecule has 0 spiro atoms. The molecule has 0 radical (unpaired) electrons. The van der Waals surface area contributed by atoms with Gasteiger partial charge in [0.05, 0.1) is 19.1 Å². The zero-order valence-corrected chi connectivity index (χ0v) is 17.3. The molecule has 1 aliphatic rings. The SMILES string of the molecule is O=C1NC(=Nc2cccc(Br)c2)S/C1=C\c1cc(I)c(O)c([N+](=O)[O-])c1. The van der Waals surface area contributed by atoms with Crippen LogP contribution in [-0.2, 0) is 4.79 Å². The Labute approximate surface area is 174 Å². The Morgan fingerprint density at radius 1 is 1.35 bits per heavy atom. The van der Waals surface area contributed by atoms with Crippen molar-refractivity contribution in [3.63, 3.8) is 0 Å². The highest BCUT2D eigenvalue weighted by molar-refractivity contribution is 14.1. The Balaban J connectivity index is 1.91. The average molecular weight is 546 g/mol. The lowest BCUT2D eigenvalue weighted by molar-refractivity contribution is -0.386. The Morgan fingerprint density at radius 2 is 2.12 bits per heavy atom. The summed E-state index contributed by atoms with van der Waals surface area (Å²) in [6.07, 6.45) is 1.53. The van der Waals surface area contributed by atoms with Gasteiger partial charge in [0.2, 0.25) is 5.75 Å². The highest BCUT2D eigenvalue weighted by Gasteiger charge is 2.25. The maximum absolute atomic E-state index is 12.1. The molecule has 1 aliphatic heterocycles. The van der Waals surface area contributed by atoms with Gasteiger partial charge in [-0.2, -0.15) is 0 Å². The van der Waals surface area contributed by atoms with E-state index in [-0.39, 0.29) is 5.91 Å². The molecule has 2 N–H and O–H groups in total. The molecule has 26 heavy (non-hydrogen) atoms. The summed E-state index contributed by atoms with van der Waals surface area (Å²) in [7, 11) is 0. The summed E-state index contributed by atoms with van der Waals surface area (Å²) in [5.41, 5.74) is 0.716. The number of nitro groups is 1. The van der Waals surface area contributed by atoms with Crippen LogP contribution in [0.5, 0.6) is 5.75 Å². The highest BCUT2D eigenvalue weighted by Crippen LogP contribution is 2.35. The Kier molecular flexibility index (Phi) is 5.63. The van der Waals surface area contributed by atoms with Gasteiger partial charge < -0.3 is 10.4 Å². The van der Waals surface area contributed by atoms with Crippen LogP contribution < -0.4 is 5.32 Å². The van der Waals surface area contributed by atoms with Gasteiger partial charge in [0.25, 0.3) is 5.91 Å². The van der Waals surface area contributed by atoms with Crippen molar-refractivity contribution in [2.75, 3.05) is 0 Å². The molecule has 0 aromatic heterocycles. The predicted molar refractivity (Wildman–Crippen MR) is 112 cm³/mol. The van der Waals surface area contributed by atoms with E-state index < -0.39 is 16.4 Å². The van der Waals surface area contributed by atoms with Gasteiger partial charge >= 0.3 is 5.69 Å². The van der Waals surface area contributed by atoms with E-state index >= 15 is 0 Å². The first-order valence-electron chi connectivity index (χ1n) is 7.05. The predicted octanol–water partition coefficient (Wildman–Crippen LogP) is 4.56. The van der Waals surface area contributed by atoms with Gasteiger partial charge in [0, 0.05) is 10.5 Å². The number of aliphatic imine (C=N–C) groups is 1. The van der Waals surface area contributed by atoms with Crippen molar-refractivity contribution in [1.29, 1.82) is 0 Å². The fraction of sp³-hybridized carbons (Fsp3) is 0. The van der Waals surface area contributed by atoms with Crippen LogP contribution >= 0.6 is 50.3 Å². The second kappa shape index (κ2) is 7.76. The summed E-state index contributed by atoms with van der Waals surface area (Å²) in [5.74, 6) is -0.729. The van der Waals surface area contributed by atoms with Crippen molar-refractivity contribution in [2.24, 2.45) is 4.99 Å². The molecule has 0 bridgehead atoms. The molecule has 2 aromatic carbocycles. The summed E-state index contributed by atoms with van der Waals surface area (Å²) < 4.78 is 1.20. The lowest BCUT2D eigenvalue weighted by atomic mass is 10.1. The first-order valence-corrected chi connectivity index (χ1v) is 9.74. The number of benzene rings is 2. The summed E-state index contributed by atoms with van der Waals surface area (Å²) in [5, 5.41) is 23.9. The van der Waals surface area contributed by atoms with Gasteiger partial charge in [0.1, 0.15) is 0 Å². The quantitative estimate of drug-likeness (QED) is 0.255. The number of phenols is 1. The molecule has 3 rings (SSSR count). The van der Waals surface area contributed by atoms with Crippen LogP contribution in [0.4, 0.5) is 11.4 Å². The molecule has 0 atom stereocenters. The third kappa shape index (κ3) is 4.24.